The van der Waals surface area contributed by atoms with Crippen molar-refractivity contribution < 1.29 is 40.9 Å². The van der Waals surface area contributed by atoms with E-state index >= 15 is 0 Å². The maximum Gasteiger partial charge on any atom is 0.418 e. The number of ether oxygens (including phenoxy) is 4. The molecule has 13 heteroatoms. The first-order valence-electron chi connectivity index (χ1n) is 9.97. The van der Waals surface area contributed by atoms with Crippen LogP contribution in [0.25, 0.3) is 0 Å². The minimum atomic E-state index is -4.79. The van der Waals surface area contributed by atoms with Gasteiger partial charge in [0.2, 0.25) is 0 Å². The van der Waals surface area contributed by atoms with Crippen LogP contribution in [0, 0.1) is 0 Å². The van der Waals surface area contributed by atoms with Gasteiger partial charge in [0.1, 0.15) is 11.9 Å². The van der Waals surface area contributed by atoms with Gasteiger partial charge in [0.05, 0.1) is 36.5 Å². The van der Waals surface area contributed by atoms with Crippen molar-refractivity contribution in [3.05, 3.63) is 46.4 Å². The molecule has 2 spiro atoms. The van der Waals surface area contributed by atoms with Gasteiger partial charge in [-0.15, -0.1) is 0 Å². The Bertz CT molecular complexity index is 1070. The Labute approximate surface area is 189 Å². The molecule has 1 atom stereocenters. The van der Waals surface area contributed by atoms with E-state index in [9.17, 15) is 22.0 Å². The summed E-state index contributed by atoms with van der Waals surface area (Å²) in [6.45, 7) is -2.66. The number of anilines is 1. The molecule has 7 nitrogen and oxygen atoms in total. The van der Waals surface area contributed by atoms with Crippen LogP contribution in [0.1, 0.15) is 29.5 Å². The first-order chi connectivity index (χ1) is 15.7. The fraction of sp³-hybridized carbons (Fsp3) is 0.500. The number of alkyl halides is 5. The van der Waals surface area contributed by atoms with E-state index in [1.165, 1.54) is 11.1 Å². The molecule has 0 N–H and O–H groups in total. The summed E-state index contributed by atoms with van der Waals surface area (Å²) in [5.74, 6) is -2.03. The molecule has 5 rings (SSSR count). The number of aromatic nitrogens is 2. The molecule has 3 aliphatic rings. The third-order valence-corrected chi connectivity index (χ3v) is 6.40. The second-order valence-corrected chi connectivity index (χ2v) is 8.19. The summed E-state index contributed by atoms with van der Waals surface area (Å²) in [7, 11) is 0. The first-order valence-corrected chi connectivity index (χ1v) is 10.3. The van der Waals surface area contributed by atoms with Crippen LogP contribution in [0.4, 0.5) is 27.8 Å². The van der Waals surface area contributed by atoms with E-state index < -0.39 is 35.4 Å². The lowest BCUT2D eigenvalue weighted by atomic mass is 9.74. The Kier molecular flexibility index (Phi) is 5.39. The highest BCUT2D eigenvalue weighted by atomic mass is 35.5. The third-order valence-electron chi connectivity index (χ3n) is 6.12. The number of pyridine rings is 2. The summed E-state index contributed by atoms with van der Waals surface area (Å²) >= 11 is 6.44. The highest BCUT2D eigenvalue weighted by Crippen LogP contribution is 2.55. The van der Waals surface area contributed by atoms with Crippen LogP contribution in [0.15, 0.2) is 24.5 Å². The van der Waals surface area contributed by atoms with Crippen molar-refractivity contribution in [2.45, 2.75) is 37.0 Å². The maximum absolute atomic E-state index is 13.2. The minimum absolute atomic E-state index is 0.104. The van der Waals surface area contributed by atoms with Gasteiger partial charge in [-0.05, 0) is 24.1 Å². The second kappa shape index (κ2) is 7.90. The lowest BCUT2D eigenvalue weighted by Crippen LogP contribution is -2.51. The number of nitrogens with zero attached hydrogens (tertiary/aromatic N) is 3. The minimum Gasteiger partial charge on any atom is -0.431 e. The largest absolute Gasteiger partial charge is 0.431 e. The number of halogens is 6. The Morgan fingerprint density at radius 2 is 1.91 bits per heavy atom. The Hall–Kier alpha value is -2.28. The van der Waals surface area contributed by atoms with Gasteiger partial charge in [0, 0.05) is 18.8 Å². The number of fused-ring (bicyclic) bond motifs is 3. The van der Waals surface area contributed by atoms with Crippen LogP contribution in [-0.4, -0.2) is 43.1 Å². The summed E-state index contributed by atoms with van der Waals surface area (Å²) in [5.41, 5.74) is -1.11. The molecule has 0 radical (unpaired) electrons. The predicted molar refractivity (Wildman–Crippen MR) is 103 cm³/mol. The zero-order valence-electron chi connectivity index (χ0n) is 16.9. The molecule has 0 bridgehead atoms. The van der Waals surface area contributed by atoms with Gasteiger partial charge in [-0.2, -0.15) is 22.0 Å². The molecular weight excluding hydrogens is 477 g/mol. The average Bonchev–Trinajstić information content (AvgIpc) is 3.38. The van der Waals surface area contributed by atoms with Crippen LogP contribution in [0.3, 0.4) is 0 Å². The fourth-order valence-electron chi connectivity index (χ4n) is 4.74. The van der Waals surface area contributed by atoms with Crippen molar-refractivity contribution in [1.82, 2.24) is 9.97 Å². The molecule has 4 heterocycles. The van der Waals surface area contributed by atoms with E-state index in [2.05, 4.69) is 14.7 Å². The lowest BCUT2D eigenvalue weighted by molar-refractivity contribution is -0.180. The smallest absolute Gasteiger partial charge is 0.418 e. The molecule has 2 aromatic rings. The van der Waals surface area contributed by atoms with Crippen molar-refractivity contribution >= 4 is 17.4 Å². The monoisotopic (exact) mass is 493 g/mol. The van der Waals surface area contributed by atoms with E-state index in [1.54, 1.807) is 6.07 Å². The molecule has 0 saturated carbocycles. The molecule has 2 aliphatic heterocycles. The predicted octanol–water partition coefficient (Wildman–Crippen LogP) is 4.43. The average molecular weight is 494 g/mol. The molecule has 2 aromatic heterocycles. The Balaban J connectivity index is 1.65. The summed E-state index contributed by atoms with van der Waals surface area (Å²) in [5, 5.41) is 0.143. The highest BCUT2D eigenvalue weighted by molar-refractivity contribution is 6.30. The number of rotatable bonds is 3. The molecule has 2 saturated heterocycles. The van der Waals surface area contributed by atoms with Crippen LogP contribution >= 0.6 is 11.6 Å². The third kappa shape index (κ3) is 3.59. The van der Waals surface area contributed by atoms with Gasteiger partial charge < -0.3 is 23.8 Å². The van der Waals surface area contributed by atoms with Crippen molar-refractivity contribution in [1.29, 1.82) is 0 Å². The molecule has 33 heavy (non-hydrogen) atoms. The molecular formula is C20H17ClF5N3O4. The quantitative estimate of drug-likeness (QED) is 0.463. The van der Waals surface area contributed by atoms with E-state index in [-0.39, 0.29) is 24.3 Å². The van der Waals surface area contributed by atoms with Crippen LogP contribution < -0.4 is 9.64 Å². The normalized spacial score (nSPS) is 24.2. The van der Waals surface area contributed by atoms with Crippen LogP contribution in [-0.2, 0) is 31.7 Å². The van der Waals surface area contributed by atoms with Crippen molar-refractivity contribution in [2.75, 3.05) is 31.5 Å². The van der Waals surface area contributed by atoms with Crippen molar-refractivity contribution in [3.8, 4) is 5.75 Å². The summed E-state index contributed by atoms with van der Waals surface area (Å²) in [4.78, 5) is 9.53. The topological polar surface area (TPSA) is 65.9 Å². The summed E-state index contributed by atoms with van der Waals surface area (Å²) in [6, 6.07) is 2.20. The van der Waals surface area contributed by atoms with Gasteiger partial charge in [-0.3, -0.25) is 0 Å². The van der Waals surface area contributed by atoms with E-state index in [4.69, 9.17) is 25.8 Å². The van der Waals surface area contributed by atoms with E-state index in [0.717, 1.165) is 0 Å². The first kappa shape index (κ1) is 22.5. The van der Waals surface area contributed by atoms with Crippen molar-refractivity contribution in [2.24, 2.45) is 0 Å². The van der Waals surface area contributed by atoms with Crippen molar-refractivity contribution in [3.63, 3.8) is 0 Å². The molecule has 1 aliphatic carbocycles. The van der Waals surface area contributed by atoms with Gasteiger partial charge in [-0.25, -0.2) is 9.97 Å². The zero-order chi connectivity index (χ0) is 23.4. The van der Waals surface area contributed by atoms with Gasteiger partial charge in [0.25, 0.3) is 0 Å². The Morgan fingerprint density at radius 3 is 2.61 bits per heavy atom. The highest BCUT2D eigenvalue weighted by Gasteiger charge is 2.56. The van der Waals surface area contributed by atoms with Gasteiger partial charge in [-0.1, -0.05) is 11.6 Å². The number of hydrogen-bond donors (Lipinski definition) is 0. The standard InChI is InChI=1S/C20H17ClF5N3O4/c21-15-14-12(1-4-27-15)18(2-3-19(14)31-5-6-32-19)9-30-10-29(18)16-13(33-17(22)23)7-11(8-28-16)20(24,25)26/h1,4,7-8,17H,2-3,5-6,9-10H2/t18-/m1/s1. The van der Waals surface area contributed by atoms with Gasteiger partial charge in [0.15, 0.2) is 17.4 Å². The van der Waals surface area contributed by atoms with Crippen LogP contribution in [0.5, 0.6) is 5.75 Å². The summed E-state index contributed by atoms with van der Waals surface area (Å²) in [6.07, 6.45) is -2.04. The summed E-state index contributed by atoms with van der Waals surface area (Å²) < 4.78 is 87.7. The van der Waals surface area contributed by atoms with Gasteiger partial charge >= 0.3 is 12.8 Å². The molecule has 178 valence electrons. The van der Waals surface area contributed by atoms with E-state index in [1.807, 2.05) is 0 Å². The van der Waals surface area contributed by atoms with E-state index in [0.29, 0.717) is 49.4 Å². The molecule has 0 unspecified atom stereocenters. The fourth-order valence-corrected chi connectivity index (χ4v) is 5.04. The number of hydrogen-bond acceptors (Lipinski definition) is 7. The zero-order valence-corrected chi connectivity index (χ0v) is 17.6. The SMILES string of the molecule is FC(F)Oc1cc(C(F)(F)F)cnc1N1COC[C@@]12CCC1(OCCO1)c1c2ccnc1Cl. The lowest BCUT2D eigenvalue weighted by Gasteiger charge is -2.46. The second-order valence-electron chi connectivity index (χ2n) is 7.83. The van der Waals surface area contributed by atoms with Crippen LogP contribution in [0.2, 0.25) is 5.15 Å². The maximum atomic E-state index is 13.2. The molecule has 2 fully saturated rings. The molecule has 0 aromatic carbocycles. The Morgan fingerprint density at radius 1 is 1.15 bits per heavy atom. The molecule has 0 amide bonds.